The van der Waals surface area contributed by atoms with E-state index in [1.807, 2.05) is 13.8 Å². The lowest BCUT2D eigenvalue weighted by Crippen LogP contribution is -2.23. The fourth-order valence-corrected chi connectivity index (χ4v) is 3.65. The van der Waals surface area contributed by atoms with Gasteiger partial charge in [0.25, 0.3) is 0 Å². The van der Waals surface area contributed by atoms with Crippen LogP contribution in [0.2, 0.25) is 0 Å². The smallest absolute Gasteiger partial charge is 0.0703 e. The van der Waals surface area contributed by atoms with E-state index >= 15 is 0 Å². The van der Waals surface area contributed by atoms with Crippen LogP contribution in [-0.2, 0) is 0 Å². The van der Waals surface area contributed by atoms with Crippen LogP contribution in [0.5, 0.6) is 0 Å². The van der Waals surface area contributed by atoms with Gasteiger partial charge in [0.15, 0.2) is 0 Å². The van der Waals surface area contributed by atoms with E-state index in [0.29, 0.717) is 0 Å². The molecular weight excluding hydrogens is 340 g/mol. The Labute approximate surface area is 167 Å². The van der Waals surface area contributed by atoms with Crippen molar-refractivity contribution in [1.29, 1.82) is 0 Å². The number of hydrogen-bond donors (Lipinski definition) is 0. The molecule has 0 amide bonds. The maximum Gasteiger partial charge on any atom is 0.0703 e. The minimum absolute atomic E-state index is 1.17. The van der Waals surface area contributed by atoms with Crippen LogP contribution >= 0.6 is 0 Å². The molecule has 1 aliphatic heterocycles. The molecule has 5 rings (SSSR count). The highest BCUT2D eigenvalue weighted by Crippen LogP contribution is 2.53. The Morgan fingerprint density at radius 2 is 0.607 bits per heavy atom. The Kier molecular flexibility index (Phi) is 5.11. The van der Waals surface area contributed by atoms with Crippen molar-refractivity contribution in [2.75, 3.05) is 9.80 Å². The summed E-state index contributed by atoms with van der Waals surface area (Å²) in [6, 6.07) is 38.3. The van der Waals surface area contributed by atoms with Crippen molar-refractivity contribution >= 4 is 34.1 Å². The molecule has 4 aromatic carbocycles. The van der Waals surface area contributed by atoms with E-state index in [-0.39, 0.29) is 0 Å². The number of nitrogens with zero attached hydrogens (tertiary/aromatic N) is 2. The molecule has 0 radical (unpaired) electrons. The predicted molar refractivity (Wildman–Crippen MR) is 121 cm³/mol. The first-order chi connectivity index (χ1) is 13.9. The minimum Gasteiger partial charge on any atom is -0.306 e. The van der Waals surface area contributed by atoms with Crippen molar-refractivity contribution in [3.05, 3.63) is 109 Å². The summed E-state index contributed by atoms with van der Waals surface area (Å²) in [5, 5.41) is 0. The Morgan fingerprint density at radius 3 is 0.893 bits per heavy atom. The number of rotatable bonds is 2. The average Bonchev–Trinajstić information content (AvgIpc) is 2.80. The minimum atomic E-state index is 1.17. The molecule has 1 heterocycles. The molecule has 0 spiro atoms. The first-order valence-corrected chi connectivity index (χ1v) is 9.82. The van der Waals surface area contributed by atoms with E-state index in [4.69, 9.17) is 0 Å². The Morgan fingerprint density at radius 1 is 0.357 bits per heavy atom. The Balaban J connectivity index is 0.000000932. The molecule has 0 aliphatic carbocycles. The van der Waals surface area contributed by atoms with Gasteiger partial charge in [-0.25, -0.2) is 0 Å². The second-order valence-corrected chi connectivity index (χ2v) is 6.32. The van der Waals surface area contributed by atoms with Crippen LogP contribution < -0.4 is 9.80 Å². The van der Waals surface area contributed by atoms with E-state index in [2.05, 4.69) is 119 Å². The van der Waals surface area contributed by atoms with Crippen LogP contribution in [0.4, 0.5) is 34.1 Å². The number of hydrogen-bond acceptors (Lipinski definition) is 2. The van der Waals surface area contributed by atoms with Gasteiger partial charge in [0.1, 0.15) is 0 Å². The summed E-state index contributed by atoms with van der Waals surface area (Å²) >= 11 is 0. The van der Waals surface area contributed by atoms with Crippen LogP contribution in [0.15, 0.2) is 109 Å². The zero-order valence-corrected chi connectivity index (χ0v) is 16.3. The summed E-state index contributed by atoms with van der Waals surface area (Å²) in [6.45, 7) is 4.00. The van der Waals surface area contributed by atoms with Crippen molar-refractivity contribution < 1.29 is 0 Å². The van der Waals surface area contributed by atoms with Crippen molar-refractivity contribution in [3.63, 3.8) is 0 Å². The van der Waals surface area contributed by atoms with Crippen LogP contribution in [0.25, 0.3) is 0 Å². The van der Waals surface area contributed by atoms with Gasteiger partial charge >= 0.3 is 0 Å². The third-order valence-electron chi connectivity index (χ3n) is 4.76. The molecule has 2 nitrogen and oxygen atoms in total. The van der Waals surface area contributed by atoms with Crippen molar-refractivity contribution in [1.82, 2.24) is 0 Å². The first kappa shape index (κ1) is 17.9. The fourth-order valence-electron chi connectivity index (χ4n) is 3.65. The molecule has 0 bridgehead atoms. The van der Waals surface area contributed by atoms with Gasteiger partial charge in [0.05, 0.1) is 22.7 Å². The van der Waals surface area contributed by atoms with E-state index < -0.39 is 0 Å². The summed E-state index contributed by atoms with van der Waals surface area (Å²) in [5.41, 5.74) is 7.06. The second kappa shape index (κ2) is 8.01. The summed E-state index contributed by atoms with van der Waals surface area (Å²) in [4.78, 5) is 4.67. The van der Waals surface area contributed by atoms with Crippen LogP contribution in [0, 0.1) is 0 Å². The van der Waals surface area contributed by atoms with Gasteiger partial charge in [0, 0.05) is 11.4 Å². The highest BCUT2D eigenvalue weighted by atomic mass is 15.3. The summed E-state index contributed by atoms with van der Waals surface area (Å²) < 4.78 is 0. The molecular formula is C26H24N2. The van der Waals surface area contributed by atoms with E-state index in [1.54, 1.807) is 0 Å². The molecule has 0 fully saturated rings. The van der Waals surface area contributed by atoms with Gasteiger partial charge in [-0.1, -0.05) is 74.5 Å². The van der Waals surface area contributed by atoms with Gasteiger partial charge in [-0.05, 0) is 48.5 Å². The van der Waals surface area contributed by atoms with Crippen LogP contribution in [0.1, 0.15) is 13.8 Å². The molecule has 1 aliphatic rings. The van der Waals surface area contributed by atoms with Crippen LogP contribution in [-0.4, -0.2) is 0 Å². The second-order valence-electron chi connectivity index (χ2n) is 6.32. The molecule has 0 saturated heterocycles. The highest BCUT2D eigenvalue weighted by Gasteiger charge is 2.29. The van der Waals surface area contributed by atoms with Gasteiger partial charge in [0.2, 0.25) is 0 Å². The molecule has 0 atom stereocenters. The molecule has 0 aromatic heterocycles. The lowest BCUT2D eigenvalue weighted by atomic mass is 10.0. The number of benzene rings is 4. The summed E-state index contributed by atoms with van der Waals surface area (Å²) in [7, 11) is 0. The van der Waals surface area contributed by atoms with Crippen LogP contribution in [0.3, 0.4) is 0 Å². The van der Waals surface area contributed by atoms with Crippen molar-refractivity contribution in [3.8, 4) is 0 Å². The topological polar surface area (TPSA) is 6.48 Å². The first-order valence-electron chi connectivity index (χ1n) is 9.82. The lowest BCUT2D eigenvalue weighted by molar-refractivity contribution is 1.17. The number of para-hydroxylation sites is 6. The van der Waals surface area contributed by atoms with E-state index in [9.17, 15) is 0 Å². The molecule has 4 aromatic rings. The normalized spacial score (nSPS) is 11.8. The predicted octanol–water partition coefficient (Wildman–Crippen LogP) is 7.97. The van der Waals surface area contributed by atoms with Gasteiger partial charge < -0.3 is 9.80 Å². The zero-order chi connectivity index (χ0) is 19.3. The van der Waals surface area contributed by atoms with Gasteiger partial charge in [-0.15, -0.1) is 0 Å². The van der Waals surface area contributed by atoms with Crippen molar-refractivity contribution in [2.24, 2.45) is 0 Å². The quantitative estimate of drug-likeness (QED) is 0.313. The lowest BCUT2D eigenvalue weighted by Gasteiger charge is -2.40. The zero-order valence-electron chi connectivity index (χ0n) is 16.3. The third-order valence-corrected chi connectivity index (χ3v) is 4.76. The molecule has 2 heteroatoms. The summed E-state index contributed by atoms with van der Waals surface area (Å²) in [6.07, 6.45) is 0. The maximum absolute atomic E-state index is 2.34. The third kappa shape index (κ3) is 3.03. The van der Waals surface area contributed by atoms with E-state index in [1.165, 1.54) is 34.1 Å². The molecule has 0 N–H and O–H groups in total. The monoisotopic (exact) mass is 364 g/mol. The molecule has 138 valence electrons. The highest BCUT2D eigenvalue weighted by molar-refractivity contribution is 6.01. The molecule has 28 heavy (non-hydrogen) atoms. The Hall–Kier alpha value is -3.52. The largest absolute Gasteiger partial charge is 0.306 e. The Bertz CT molecular complexity index is 909. The van der Waals surface area contributed by atoms with Gasteiger partial charge in [-0.3, -0.25) is 0 Å². The van der Waals surface area contributed by atoms with Crippen molar-refractivity contribution in [2.45, 2.75) is 13.8 Å². The molecule has 0 unspecified atom stereocenters. The van der Waals surface area contributed by atoms with Gasteiger partial charge in [-0.2, -0.15) is 0 Å². The van der Waals surface area contributed by atoms with E-state index in [0.717, 1.165) is 0 Å². The fraction of sp³-hybridized carbons (Fsp3) is 0.0769. The number of anilines is 6. The average molecular weight is 364 g/mol. The SMILES string of the molecule is CC.c1ccc(N2c3ccccc3N(c3ccccc3)c3ccccc32)cc1. The number of fused-ring (bicyclic) bond motifs is 2. The summed E-state index contributed by atoms with van der Waals surface area (Å²) in [5.74, 6) is 0. The molecule has 0 saturated carbocycles. The maximum atomic E-state index is 2.34. The standard InChI is InChI=1S/C24H18N2.C2H6/c1-3-11-19(12-4-1)25-21-15-7-9-17-23(21)26(20-13-5-2-6-14-20)24-18-10-8-16-22(24)25;1-2/h1-18H;1-2H3.